The van der Waals surface area contributed by atoms with Gasteiger partial charge in [-0.15, -0.1) is 0 Å². The zero-order valence-corrected chi connectivity index (χ0v) is 17.8. The zero-order chi connectivity index (χ0) is 21.4. The Kier molecular flexibility index (Phi) is 5.56. The van der Waals surface area contributed by atoms with E-state index in [4.69, 9.17) is 0 Å². The van der Waals surface area contributed by atoms with Crippen LogP contribution in [-0.2, 0) is 17.1 Å². The summed E-state index contributed by atoms with van der Waals surface area (Å²) in [7, 11) is 0. The Bertz CT molecular complexity index is 999. The summed E-state index contributed by atoms with van der Waals surface area (Å²) in [5.41, 5.74) is 4.93. The van der Waals surface area contributed by atoms with Crippen LogP contribution >= 0.6 is 11.8 Å². The van der Waals surface area contributed by atoms with Gasteiger partial charge in [0.25, 0.3) is 0 Å². The molecule has 0 bridgehead atoms. The molecular weight excluding hydrogens is 418 g/mol. The third-order valence-electron chi connectivity index (χ3n) is 6.27. The van der Waals surface area contributed by atoms with E-state index >= 15 is 0 Å². The average Bonchev–Trinajstić information content (AvgIpc) is 3.21. The number of carbonyl (C=O) groups is 1. The summed E-state index contributed by atoms with van der Waals surface area (Å²) in [6, 6.07) is 13.0. The lowest BCUT2D eigenvalue weighted by atomic mass is 9.81. The molecule has 162 valence electrons. The van der Waals surface area contributed by atoms with Crippen molar-refractivity contribution in [3.8, 4) is 0 Å². The van der Waals surface area contributed by atoms with Gasteiger partial charge in [-0.05, 0) is 48.2 Å². The molecule has 31 heavy (non-hydrogen) atoms. The number of halogens is 2. The van der Waals surface area contributed by atoms with E-state index in [9.17, 15) is 13.6 Å². The molecule has 0 aromatic heterocycles. The van der Waals surface area contributed by atoms with Crippen LogP contribution in [0.15, 0.2) is 53.6 Å². The number of hydrazone groups is 1. The number of amides is 1. The Hall–Kier alpha value is -2.61. The number of fused-ring (bicyclic) bond motifs is 3. The van der Waals surface area contributed by atoms with Crippen LogP contribution in [0.4, 0.5) is 8.78 Å². The smallest absolute Gasteiger partial charge is 0.231 e. The zero-order valence-electron chi connectivity index (χ0n) is 17.0. The standard InChI is InChI=1S/C23H24F2N4OS/c24-17-10-8-15(9-11-17)13-28-21(30)19-6-1-2-7-20(19)29-22(28)26-27-23(29)31-14-16-4-3-5-18(25)12-16/h3-5,8-12,19-20,22,26H,1-2,6-7,13-14H2. The molecule has 5 nitrogen and oxygen atoms in total. The van der Waals surface area contributed by atoms with Gasteiger partial charge in [-0.1, -0.05) is 48.9 Å². The predicted molar refractivity (Wildman–Crippen MR) is 117 cm³/mol. The maximum atomic E-state index is 13.6. The lowest BCUT2D eigenvalue weighted by Gasteiger charge is -2.50. The number of thioether (sulfide) groups is 1. The SMILES string of the molecule is O=C1C2CCCCC2N2C(SCc3cccc(F)c3)=NNC2N1Cc1ccc(F)cc1. The van der Waals surface area contributed by atoms with Gasteiger partial charge in [0.2, 0.25) is 5.91 Å². The van der Waals surface area contributed by atoms with Gasteiger partial charge >= 0.3 is 0 Å². The molecule has 8 heteroatoms. The van der Waals surface area contributed by atoms with Crippen LogP contribution < -0.4 is 5.43 Å². The largest absolute Gasteiger partial charge is 0.307 e. The first kappa shape index (κ1) is 20.3. The molecule has 2 fully saturated rings. The van der Waals surface area contributed by atoms with Crippen molar-refractivity contribution in [3.63, 3.8) is 0 Å². The van der Waals surface area contributed by atoms with Gasteiger partial charge in [0.1, 0.15) is 11.6 Å². The molecule has 0 radical (unpaired) electrons. The quantitative estimate of drug-likeness (QED) is 0.769. The molecule has 3 atom stereocenters. The summed E-state index contributed by atoms with van der Waals surface area (Å²) in [6.07, 6.45) is 3.61. The molecule has 1 saturated heterocycles. The van der Waals surface area contributed by atoms with Crippen LogP contribution in [0.2, 0.25) is 0 Å². The summed E-state index contributed by atoms with van der Waals surface area (Å²) in [5.74, 6) is 0.134. The second kappa shape index (κ2) is 8.49. The van der Waals surface area contributed by atoms with Gasteiger partial charge in [-0.25, -0.2) is 8.78 Å². The van der Waals surface area contributed by atoms with Crippen molar-refractivity contribution < 1.29 is 13.6 Å². The summed E-state index contributed by atoms with van der Waals surface area (Å²) in [4.78, 5) is 17.4. The highest BCUT2D eigenvalue weighted by Crippen LogP contribution is 2.39. The van der Waals surface area contributed by atoms with Gasteiger partial charge in [0.05, 0.1) is 5.92 Å². The number of carbonyl (C=O) groups excluding carboxylic acids is 1. The number of nitrogens with zero attached hydrogens (tertiary/aromatic N) is 3. The van der Waals surface area contributed by atoms with Crippen LogP contribution in [0.1, 0.15) is 36.8 Å². The van der Waals surface area contributed by atoms with E-state index < -0.39 is 0 Å². The van der Waals surface area contributed by atoms with Crippen molar-refractivity contribution in [1.82, 2.24) is 15.2 Å². The third kappa shape index (κ3) is 4.01. The number of nitrogens with one attached hydrogen (secondary N) is 1. The topological polar surface area (TPSA) is 47.9 Å². The van der Waals surface area contributed by atoms with Crippen LogP contribution in [-0.4, -0.2) is 33.2 Å². The number of amidine groups is 1. The fourth-order valence-electron chi connectivity index (χ4n) is 4.78. The molecule has 2 aliphatic heterocycles. The molecule has 1 aliphatic carbocycles. The van der Waals surface area contributed by atoms with E-state index in [2.05, 4.69) is 15.4 Å². The monoisotopic (exact) mass is 442 g/mol. The highest BCUT2D eigenvalue weighted by molar-refractivity contribution is 8.13. The molecular formula is C23H24F2N4OS. The molecule has 2 aromatic carbocycles. The van der Waals surface area contributed by atoms with Gasteiger partial charge in [-0.3, -0.25) is 15.1 Å². The van der Waals surface area contributed by atoms with E-state index in [-0.39, 0.29) is 35.8 Å². The first-order chi connectivity index (χ1) is 15.1. The fraction of sp³-hybridized carbons (Fsp3) is 0.391. The normalized spacial score (nSPS) is 25.0. The lowest BCUT2D eigenvalue weighted by Crippen LogP contribution is -2.66. The highest BCUT2D eigenvalue weighted by atomic mass is 32.2. The molecule has 0 spiro atoms. The van der Waals surface area contributed by atoms with Crippen molar-refractivity contribution in [3.05, 3.63) is 71.3 Å². The fourth-order valence-corrected chi connectivity index (χ4v) is 5.76. The minimum atomic E-state index is -0.355. The van der Waals surface area contributed by atoms with Crippen molar-refractivity contribution in [2.45, 2.75) is 50.3 Å². The van der Waals surface area contributed by atoms with E-state index in [1.807, 2.05) is 11.0 Å². The molecule has 1 amide bonds. The summed E-state index contributed by atoms with van der Waals surface area (Å²) in [5, 5.41) is 5.39. The van der Waals surface area contributed by atoms with Crippen molar-refractivity contribution in [2.24, 2.45) is 11.0 Å². The molecule has 1 saturated carbocycles. The Morgan fingerprint density at radius 2 is 1.84 bits per heavy atom. The van der Waals surface area contributed by atoms with Gasteiger partial charge < -0.3 is 4.90 Å². The second-order valence-electron chi connectivity index (χ2n) is 8.27. The number of benzene rings is 2. The minimum absolute atomic E-state index is 0.0645. The second-order valence-corrected chi connectivity index (χ2v) is 9.22. The molecule has 2 aromatic rings. The summed E-state index contributed by atoms with van der Waals surface area (Å²) in [6.45, 7) is 0.397. The molecule has 3 unspecified atom stereocenters. The minimum Gasteiger partial charge on any atom is -0.307 e. The first-order valence-corrected chi connectivity index (χ1v) is 11.6. The highest BCUT2D eigenvalue weighted by Gasteiger charge is 2.50. The Morgan fingerprint density at radius 1 is 1.03 bits per heavy atom. The number of hydrogen-bond donors (Lipinski definition) is 1. The summed E-state index contributed by atoms with van der Waals surface area (Å²) >= 11 is 1.56. The molecule has 1 N–H and O–H groups in total. The number of hydrogen-bond acceptors (Lipinski definition) is 5. The maximum Gasteiger partial charge on any atom is 0.231 e. The Morgan fingerprint density at radius 3 is 2.65 bits per heavy atom. The van der Waals surface area contributed by atoms with Gasteiger partial charge in [-0.2, -0.15) is 5.10 Å². The van der Waals surface area contributed by atoms with E-state index in [0.717, 1.165) is 42.0 Å². The average molecular weight is 443 g/mol. The van der Waals surface area contributed by atoms with Crippen molar-refractivity contribution in [1.29, 1.82) is 0 Å². The van der Waals surface area contributed by atoms with Gasteiger partial charge in [0.15, 0.2) is 11.5 Å². The molecule has 2 heterocycles. The van der Waals surface area contributed by atoms with Crippen LogP contribution in [0.5, 0.6) is 0 Å². The molecule has 3 aliphatic rings. The molecule has 5 rings (SSSR count). The Balaban J connectivity index is 1.38. The van der Waals surface area contributed by atoms with Crippen molar-refractivity contribution in [2.75, 3.05) is 0 Å². The third-order valence-corrected chi connectivity index (χ3v) is 7.30. The van der Waals surface area contributed by atoms with Crippen molar-refractivity contribution >= 4 is 22.8 Å². The maximum absolute atomic E-state index is 13.6. The van der Waals surface area contributed by atoms with Crippen LogP contribution in [0.3, 0.4) is 0 Å². The Labute approximate surface area is 184 Å². The predicted octanol–water partition coefficient (Wildman–Crippen LogP) is 4.26. The van der Waals surface area contributed by atoms with E-state index in [1.54, 1.807) is 30.0 Å². The van der Waals surface area contributed by atoms with E-state index in [0.29, 0.717) is 12.3 Å². The van der Waals surface area contributed by atoms with Crippen LogP contribution in [0.25, 0.3) is 0 Å². The number of rotatable bonds is 4. The van der Waals surface area contributed by atoms with Crippen LogP contribution in [0, 0.1) is 17.6 Å². The summed E-state index contributed by atoms with van der Waals surface area (Å²) < 4.78 is 26.9. The van der Waals surface area contributed by atoms with E-state index in [1.165, 1.54) is 24.3 Å². The first-order valence-electron chi connectivity index (χ1n) is 10.6. The van der Waals surface area contributed by atoms with Gasteiger partial charge in [0, 0.05) is 18.3 Å². The lowest BCUT2D eigenvalue weighted by molar-refractivity contribution is -0.156.